The van der Waals surface area contributed by atoms with E-state index in [9.17, 15) is 4.79 Å². The fourth-order valence-corrected chi connectivity index (χ4v) is 1.28. The van der Waals surface area contributed by atoms with Crippen molar-refractivity contribution in [1.29, 1.82) is 0 Å². The first-order valence-electron chi connectivity index (χ1n) is 4.44. The van der Waals surface area contributed by atoms with Crippen molar-refractivity contribution >= 4 is 16.9 Å². The third-order valence-corrected chi connectivity index (χ3v) is 1.80. The van der Waals surface area contributed by atoms with Crippen molar-refractivity contribution in [2.75, 3.05) is 0 Å². The zero-order valence-corrected chi connectivity index (χ0v) is 9.23. The van der Waals surface area contributed by atoms with Crippen molar-refractivity contribution in [2.45, 2.75) is 32.1 Å². The maximum absolute atomic E-state index is 10.6. The van der Waals surface area contributed by atoms with E-state index in [4.69, 9.17) is 0 Å². The Bertz CT molecular complexity index is 231. The lowest BCUT2D eigenvalue weighted by Gasteiger charge is -1.92. The first kappa shape index (κ1) is 12.2. The molecular weight excluding hydrogens is 180 g/mol. The normalized spacial score (nSPS) is 8.54. The summed E-state index contributed by atoms with van der Waals surface area (Å²) >= 11 is 1.26. The molecule has 0 bridgehead atoms. The van der Waals surface area contributed by atoms with Crippen molar-refractivity contribution in [3.05, 3.63) is 30.3 Å². The van der Waals surface area contributed by atoms with Gasteiger partial charge < -0.3 is 0 Å². The van der Waals surface area contributed by atoms with Crippen LogP contribution in [-0.4, -0.2) is 5.12 Å². The van der Waals surface area contributed by atoms with Crippen LogP contribution in [0.4, 0.5) is 0 Å². The monoisotopic (exact) mass is 196 g/mol. The van der Waals surface area contributed by atoms with Gasteiger partial charge in [0.2, 0.25) is 0 Å². The molecule has 1 aromatic carbocycles. The molecule has 0 aliphatic rings. The summed E-state index contributed by atoms with van der Waals surface area (Å²) in [7, 11) is 0. The molecule has 2 heteroatoms. The molecule has 13 heavy (non-hydrogen) atoms. The second-order valence-corrected chi connectivity index (χ2v) is 3.86. The average Bonchev–Trinajstić information content (AvgIpc) is 2.06. The van der Waals surface area contributed by atoms with Gasteiger partial charge in [-0.2, -0.15) is 0 Å². The predicted molar refractivity (Wildman–Crippen MR) is 58.9 cm³/mol. The van der Waals surface area contributed by atoms with Gasteiger partial charge in [-0.1, -0.05) is 50.2 Å². The molecule has 0 radical (unpaired) electrons. The number of carbonyl (C=O) groups is 1. The Labute approximate surface area is 84.5 Å². The van der Waals surface area contributed by atoms with Crippen LogP contribution in [0.1, 0.15) is 27.2 Å². The topological polar surface area (TPSA) is 17.1 Å². The van der Waals surface area contributed by atoms with Crippen LogP contribution in [-0.2, 0) is 4.79 Å². The van der Waals surface area contributed by atoms with Gasteiger partial charge >= 0.3 is 0 Å². The molecule has 0 atom stereocenters. The van der Waals surface area contributed by atoms with Crippen molar-refractivity contribution in [3.8, 4) is 0 Å². The number of carbonyl (C=O) groups excluding carboxylic acids is 1. The molecule has 0 unspecified atom stereocenters. The molecule has 0 spiro atoms. The summed E-state index contributed by atoms with van der Waals surface area (Å²) in [5.74, 6) is 0. The Hall–Kier alpha value is -0.760. The lowest BCUT2D eigenvalue weighted by atomic mass is 10.4. The maximum atomic E-state index is 10.6. The van der Waals surface area contributed by atoms with Crippen LogP contribution in [0.25, 0.3) is 0 Å². The molecule has 0 saturated carbocycles. The van der Waals surface area contributed by atoms with Crippen molar-refractivity contribution in [3.63, 3.8) is 0 Å². The Morgan fingerprint density at radius 3 is 2.08 bits per heavy atom. The fraction of sp³-hybridized carbons (Fsp3) is 0.364. The van der Waals surface area contributed by atoms with Gasteiger partial charge in [-0.25, -0.2) is 0 Å². The Morgan fingerprint density at radius 2 is 1.69 bits per heavy atom. The van der Waals surface area contributed by atoms with E-state index in [2.05, 4.69) is 13.8 Å². The van der Waals surface area contributed by atoms with Crippen molar-refractivity contribution < 1.29 is 4.79 Å². The molecule has 0 aliphatic heterocycles. The maximum Gasteiger partial charge on any atom is 0.190 e. The molecule has 1 aromatic rings. The lowest BCUT2D eigenvalue weighted by molar-refractivity contribution is -0.109. The summed E-state index contributed by atoms with van der Waals surface area (Å²) in [4.78, 5) is 11.6. The van der Waals surface area contributed by atoms with E-state index >= 15 is 0 Å². The first-order valence-corrected chi connectivity index (χ1v) is 5.25. The van der Waals surface area contributed by atoms with E-state index in [0.717, 1.165) is 4.90 Å². The van der Waals surface area contributed by atoms with Crippen LogP contribution in [0.5, 0.6) is 0 Å². The molecule has 0 fully saturated rings. The number of hydrogen-bond donors (Lipinski definition) is 0. The summed E-state index contributed by atoms with van der Waals surface area (Å²) < 4.78 is 0. The first-order chi connectivity index (χ1) is 6.20. The van der Waals surface area contributed by atoms with Crippen molar-refractivity contribution in [2.24, 2.45) is 0 Å². The molecule has 1 rings (SSSR count). The summed E-state index contributed by atoms with van der Waals surface area (Å²) in [6.07, 6.45) is 1.25. The highest BCUT2D eigenvalue weighted by Gasteiger charge is 1.94. The Morgan fingerprint density at radius 1 is 1.23 bits per heavy atom. The van der Waals surface area contributed by atoms with E-state index in [0.29, 0.717) is 0 Å². The summed E-state index contributed by atoms with van der Waals surface area (Å²) in [5.41, 5.74) is 0. The number of thioether (sulfide) groups is 1. The van der Waals surface area contributed by atoms with Crippen LogP contribution < -0.4 is 0 Å². The molecule has 0 saturated heterocycles. The molecule has 0 heterocycles. The minimum Gasteiger partial charge on any atom is -0.287 e. The highest BCUT2D eigenvalue weighted by atomic mass is 32.2. The van der Waals surface area contributed by atoms with Gasteiger partial charge in [-0.3, -0.25) is 4.79 Å². The lowest BCUT2D eigenvalue weighted by Crippen LogP contribution is -1.78. The predicted octanol–water partition coefficient (Wildman–Crippen LogP) is 3.74. The fourth-order valence-electron chi connectivity index (χ4n) is 0.655. The highest BCUT2D eigenvalue weighted by Crippen LogP contribution is 2.16. The summed E-state index contributed by atoms with van der Waals surface area (Å²) in [5, 5.41) is 0.131. The SMILES string of the molecule is CC(=O)Sc1ccccc1.CCC. The standard InChI is InChI=1S/C8H8OS.C3H8/c1-7(9)10-8-5-3-2-4-6-8;1-3-2/h2-6H,1H3;3H2,1-2H3. The Balaban J connectivity index is 0.000000424. The molecule has 0 aliphatic carbocycles. The molecule has 1 nitrogen and oxygen atoms in total. The molecular formula is C11H16OS. The molecule has 0 amide bonds. The quantitative estimate of drug-likeness (QED) is 0.636. The van der Waals surface area contributed by atoms with Gasteiger partial charge in [0.25, 0.3) is 0 Å². The number of rotatable bonds is 1. The van der Waals surface area contributed by atoms with Gasteiger partial charge in [-0.15, -0.1) is 0 Å². The van der Waals surface area contributed by atoms with E-state index in [-0.39, 0.29) is 5.12 Å². The van der Waals surface area contributed by atoms with Gasteiger partial charge in [-0.05, 0) is 12.1 Å². The molecule has 0 aromatic heterocycles. The van der Waals surface area contributed by atoms with E-state index in [1.807, 2.05) is 30.3 Å². The van der Waals surface area contributed by atoms with E-state index in [1.54, 1.807) is 6.92 Å². The summed E-state index contributed by atoms with van der Waals surface area (Å²) in [6, 6.07) is 9.62. The third kappa shape index (κ3) is 7.60. The smallest absolute Gasteiger partial charge is 0.190 e. The molecule has 0 N–H and O–H groups in total. The van der Waals surface area contributed by atoms with E-state index < -0.39 is 0 Å². The Kier molecular flexibility index (Phi) is 7.41. The molecule has 72 valence electrons. The summed E-state index contributed by atoms with van der Waals surface area (Å²) in [6.45, 7) is 5.82. The van der Waals surface area contributed by atoms with Crippen LogP contribution in [0.15, 0.2) is 35.2 Å². The number of hydrogen-bond acceptors (Lipinski definition) is 2. The van der Waals surface area contributed by atoms with E-state index in [1.165, 1.54) is 18.2 Å². The largest absolute Gasteiger partial charge is 0.287 e. The van der Waals surface area contributed by atoms with Crippen LogP contribution in [0, 0.1) is 0 Å². The average molecular weight is 196 g/mol. The third-order valence-electron chi connectivity index (χ3n) is 1.00. The van der Waals surface area contributed by atoms with Crippen LogP contribution in [0.3, 0.4) is 0 Å². The minimum atomic E-state index is 0.131. The second kappa shape index (κ2) is 7.87. The highest BCUT2D eigenvalue weighted by molar-refractivity contribution is 8.13. The zero-order valence-electron chi connectivity index (χ0n) is 8.41. The van der Waals surface area contributed by atoms with Gasteiger partial charge in [0, 0.05) is 11.8 Å². The van der Waals surface area contributed by atoms with Crippen molar-refractivity contribution in [1.82, 2.24) is 0 Å². The second-order valence-electron chi connectivity index (χ2n) is 2.61. The zero-order chi connectivity index (χ0) is 10.1. The van der Waals surface area contributed by atoms with Crippen LogP contribution in [0.2, 0.25) is 0 Å². The van der Waals surface area contributed by atoms with Gasteiger partial charge in [0.15, 0.2) is 5.12 Å². The van der Waals surface area contributed by atoms with Crippen LogP contribution >= 0.6 is 11.8 Å². The minimum absolute atomic E-state index is 0.131. The van der Waals surface area contributed by atoms with Gasteiger partial charge in [0.05, 0.1) is 0 Å². The number of benzene rings is 1. The van der Waals surface area contributed by atoms with Gasteiger partial charge in [0.1, 0.15) is 0 Å².